The number of rotatable bonds is 3. The molecule has 1 spiro atoms. The van der Waals surface area contributed by atoms with Gasteiger partial charge in [0.2, 0.25) is 11.8 Å². The van der Waals surface area contributed by atoms with Gasteiger partial charge in [-0.1, -0.05) is 31.4 Å². The van der Waals surface area contributed by atoms with Crippen molar-refractivity contribution >= 4 is 35.1 Å². The van der Waals surface area contributed by atoms with Gasteiger partial charge in [0.25, 0.3) is 5.91 Å². The number of imide groups is 1. The third kappa shape index (κ3) is 3.05. The SMILES string of the molecule is O=C1CN(C(=O)CCN2C(=O)NC3(CCCCC3)C2=O)c2ccccc2N1. The van der Waals surface area contributed by atoms with E-state index in [9.17, 15) is 19.2 Å². The van der Waals surface area contributed by atoms with Crippen molar-refractivity contribution < 1.29 is 19.2 Å². The molecular weight excluding hydrogens is 348 g/mol. The van der Waals surface area contributed by atoms with Gasteiger partial charge < -0.3 is 15.5 Å². The maximum atomic E-state index is 12.8. The van der Waals surface area contributed by atoms with Gasteiger partial charge in [-0.05, 0) is 25.0 Å². The van der Waals surface area contributed by atoms with Crippen LogP contribution in [0.15, 0.2) is 24.3 Å². The van der Waals surface area contributed by atoms with E-state index in [1.165, 1.54) is 4.90 Å². The first-order valence-corrected chi connectivity index (χ1v) is 9.33. The van der Waals surface area contributed by atoms with Crippen molar-refractivity contribution in [3.8, 4) is 0 Å². The van der Waals surface area contributed by atoms with Crippen LogP contribution in [0.25, 0.3) is 0 Å². The molecule has 8 nitrogen and oxygen atoms in total. The number of fused-ring (bicyclic) bond motifs is 1. The van der Waals surface area contributed by atoms with Gasteiger partial charge in [-0.25, -0.2) is 4.79 Å². The molecule has 1 aliphatic carbocycles. The minimum Gasteiger partial charge on any atom is -0.323 e. The second kappa shape index (κ2) is 6.68. The maximum absolute atomic E-state index is 12.8. The van der Waals surface area contributed by atoms with E-state index >= 15 is 0 Å². The Hall–Kier alpha value is -2.90. The summed E-state index contributed by atoms with van der Waals surface area (Å²) in [7, 11) is 0. The van der Waals surface area contributed by atoms with Crippen LogP contribution in [0.3, 0.4) is 0 Å². The summed E-state index contributed by atoms with van der Waals surface area (Å²) >= 11 is 0. The molecule has 0 unspecified atom stereocenters. The summed E-state index contributed by atoms with van der Waals surface area (Å²) in [5.41, 5.74) is 0.428. The van der Waals surface area contributed by atoms with Crippen molar-refractivity contribution in [3.05, 3.63) is 24.3 Å². The van der Waals surface area contributed by atoms with Gasteiger partial charge in [-0.15, -0.1) is 0 Å². The first kappa shape index (κ1) is 17.5. The fourth-order valence-corrected chi connectivity index (χ4v) is 4.17. The normalized spacial score (nSPS) is 21.1. The van der Waals surface area contributed by atoms with Gasteiger partial charge in [0.1, 0.15) is 12.1 Å². The molecule has 1 aromatic rings. The van der Waals surface area contributed by atoms with Crippen LogP contribution in [-0.2, 0) is 14.4 Å². The number of amides is 5. The Morgan fingerprint density at radius 3 is 2.59 bits per heavy atom. The molecular formula is C19H22N4O4. The van der Waals surface area contributed by atoms with Gasteiger partial charge in [0.15, 0.2) is 0 Å². The summed E-state index contributed by atoms with van der Waals surface area (Å²) in [6.45, 7) is -0.0501. The second-order valence-corrected chi connectivity index (χ2v) is 7.32. The highest BCUT2D eigenvalue weighted by Gasteiger charge is 2.51. The number of nitrogens with zero attached hydrogens (tertiary/aromatic N) is 2. The van der Waals surface area contributed by atoms with Gasteiger partial charge in [0, 0.05) is 13.0 Å². The Morgan fingerprint density at radius 2 is 1.81 bits per heavy atom. The summed E-state index contributed by atoms with van der Waals surface area (Å²) in [5, 5.41) is 5.58. The molecule has 27 heavy (non-hydrogen) atoms. The first-order valence-electron chi connectivity index (χ1n) is 9.33. The lowest BCUT2D eigenvalue weighted by molar-refractivity contribution is -0.132. The van der Waals surface area contributed by atoms with Crippen LogP contribution in [-0.4, -0.2) is 47.3 Å². The maximum Gasteiger partial charge on any atom is 0.325 e. The minimum absolute atomic E-state index is 0.0170. The molecule has 2 N–H and O–H groups in total. The smallest absolute Gasteiger partial charge is 0.323 e. The van der Waals surface area contributed by atoms with E-state index in [1.54, 1.807) is 24.3 Å². The summed E-state index contributed by atoms with van der Waals surface area (Å²) in [4.78, 5) is 52.2. The molecule has 0 aromatic heterocycles. The van der Waals surface area contributed by atoms with Gasteiger partial charge in [-0.3, -0.25) is 19.3 Å². The van der Waals surface area contributed by atoms with E-state index in [2.05, 4.69) is 10.6 Å². The minimum atomic E-state index is -0.782. The van der Waals surface area contributed by atoms with E-state index < -0.39 is 11.6 Å². The van der Waals surface area contributed by atoms with E-state index in [0.29, 0.717) is 24.2 Å². The molecule has 4 rings (SSSR count). The van der Waals surface area contributed by atoms with Crippen molar-refractivity contribution in [2.24, 2.45) is 0 Å². The molecule has 2 aliphatic heterocycles. The highest BCUT2D eigenvalue weighted by Crippen LogP contribution is 2.34. The van der Waals surface area contributed by atoms with E-state index in [-0.39, 0.29) is 37.2 Å². The molecule has 3 aliphatic rings. The summed E-state index contributed by atoms with van der Waals surface area (Å²) < 4.78 is 0. The summed E-state index contributed by atoms with van der Waals surface area (Å²) in [6, 6.07) is 6.64. The molecule has 2 fully saturated rings. The van der Waals surface area contributed by atoms with Gasteiger partial charge in [0.05, 0.1) is 11.4 Å². The number of hydrogen-bond donors (Lipinski definition) is 2. The predicted octanol–water partition coefficient (Wildman–Crippen LogP) is 1.62. The predicted molar refractivity (Wildman–Crippen MR) is 98.1 cm³/mol. The Balaban J connectivity index is 1.45. The van der Waals surface area contributed by atoms with Crippen LogP contribution in [0.5, 0.6) is 0 Å². The van der Waals surface area contributed by atoms with E-state index in [1.807, 2.05) is 0 Å². The number of urea groups is 1. The Kier molecular flexibility index (Phi) is 4.33. The molecule has 142 valence electrons. The number of benzene rings is 1. The van der Waals surface area contributed by atoms with E-state index in [4.69, 9.17) is 0 Å². The van der Waals surface area contributed by atoms with Crippen molar-refractivity contribution in [2.45, 2.75) is 44.1 Å². The molecule has 1 aromatic carbocycles. The number of carbonyl (C=O) groups is 4. The highest BCUT2D eigenvalue weighted by molar-refractivity contribution is 6.10. The number of hydrogen-bond acceptors (Lipinski definition) is 4. The lowest BCUT2D eigenvalue weighted by atomic mass is 9.82. The van der Waals surface area contributed by atoms with Crippen LogP contribution in [0.1, 0.15) is 38.5 Å². The molecule has 0 radical (unpaired) electrons. The lowest BCUT2D eigenvalue weighted by Gasteiger charge is -2.31. The zero-order chi connectivity index (χ0) is 19.0. The fourth-order valence-electron chi connectivity index (χ4n) is 4.17. The van der Waals surface area contributed by atoms with Gasteiger partial charge >= 0.3 is 6.03 Å². The van der Waals surface area contributed by atoms with Crippen molar-refractivity contribution in [1.29, 1.82) is 0 Å². The Morgan fingerprint density at radius 1 is 1.07 bits per heavy atom. The van der Waals surface area contributed by atoms with E-state index in [0.717, 1.165) is 24.2 Å². The van der Waals surface area contributed by atoms with Gasteiger partial charge in [-0.2, -0.15) is 0 Å². The van der Waals surface area contributed by atoms with Crippen molar-refractivity contribution in [3.63, 3.8) is 0 Å². The molecule has 2 heterocycles. The quantitative estimate of drug-likeness (QED) is 0.790. The zero-order valence-electron chi connectivity index (χ0n) is 15.0. The van der Waals surface area contributed by atoms with Crippen molar-refractivity contribution in [2.75, 3.05) is 23.3 Å². The third-order valence-electron chi connectivity index (χ3n) is 5.57. The monoisotopic (exact) mass is 370 g/mol. The molecule has 0 atom stereocenters. The average Bonchev–Trinajstić information content (AvgIpc) is 2.89. The highest BCUT2D eigenvalue weighted by atomic mass is 16.2. The largest absolute Gasteiger partial charge is 0.325 e. The lowest BCUT2D eigenvalue weighted by Crippen LogP contribution is -2.48. The van der Waals surface area contributed by atoms with Crippen LogP contribution in [0, 0.1) is 0 Å². The topological polar surface area (TPSA) is 98.8 Å². The second-order valence-electron chi connectivity index (χ2n) is 7.32. The van der Waals surface area contributed by atoms with Crippen LogP contribution in [0.4, 0.5) is 16.2 Å². The number of carbonyl (C=O) groups excluding carboxylic acids is 4. The molecule has 5 amide bonds. The Bertz CT molecular complexity index is 816. The third-order valence-corrected chi connectivity index (χ3v) is 5.57. The number of anilines is 2. The molecule has 0 bridgehead atoms. The average molecular weight is 370 g/mol. The van der Waals surface area contributed by atoms with Crippen molar-refractivity contribution in [1.82, 2.24) is 10.2 Å². The molecule has 1 saturated carbocycles. The van der Waals surface area contributed by atoms with Crippen LogP contribution >= 0.6 is 0 Å². The molecule has 8 heteroatoms. The first-order chi connectivity index (χ1) is 13.0. The number of nitrogens with one attached hydrogen (secondary N) is 2. The standard InChI is InChI=1S/C19H22N4O4/c24-15-12-23(14-7-3-2-6-13(14)20-15)16(25)8-11-22-17(26)19(21-18(22)27)9-4-1-5-10-19/h2-3,6-7H,1,4-5,8-12H2,(H,20,24)(H,21,27). The van der Waals surface area contributed by atoms with Crippen LogP contribution in [0.2, 0.25) is 0 Å². The van der Waals surface area contributed by atoms with Crippen LogP contribution < -0.4 is 15.5 Å². The fraction of sp³-hybridized carbons (Fsp3) is 0.474. The zero-order valence-corrected chi connectivity index (χ0v) is 15.0. The summed E-state index contributed by atoms with van der Waals surface area (Å²) in [6.07, 6.45) is 4.19. The molecule has 1 saturated heterocycles. The number of para-hydroxylation sites is 2. The Labute approximate surface area is 156 Å². The summed E-state index contributed by atoms with van der Waals surface area (Å²) in [5.74, 6) is -0.780.